The number of hydrogen-bond acceptors (Lipinski definition) is 5. The molecule has 0 saturated heterocycles. The van der Waals surface area contributed by atoms with Crippen LogP contribution in [0.15, 0.2) is 29.3 Å². The van der Waals surface area contributed by atoms with Gasteiger partial charge in [0, 0.05) is 10.4 Å². The van der Waals surface area contributed by atoms with Gasteiger partial charge < -0.3 is 9.84 Å². The molecule has 2 heterocycles. The highest BCUT2D eigenvalue weighted by atomic mass is 32.1. The van der Waals surface area contributed by atoms with E-state index in [9.17, 15) is 14.7 Å². The molecule has 0 aliphatic rings. The predicted octanol–water partition coefficient (Wildman–Crippen LogP) is 3.57. The first-order valence-corrected chi connectivity index (χ1v) is 8.89. The lowest BCUT2D eigenvalue weighted by molar-refractivity contribution is -0.145. The van der Waals surface area contributed by atoms with Crippen molar-refractivity contribution < 1.29 is 14.6 Å². The molecular formula is C19H20N2O4S. The van der Waals surface area contributed by atoms with Crippen LogP contribution < -0.4 is 10.3 Å². The number of thiophene rings is 1. The van der Waals surface area contributed by atoms with Crippen LogP contribution in [0.25, 0.3) is 21.3 Å². The molecule has 0 aliphatic heterocycles. The molecule has 6 nitrogen and oxygen atoms in total. The maximum atomic E-state index is 13.1. The molecule has 0 amide bonds. The molecule has 26 heavy (non-hydrogen) atoms. The summed E-state index contributed by atoms with van der Waals surface area (Å²) in [6.45, 7) is 6.85. The number of carbonyl (C=O) groups is 1. The van der Waals surface area contributed by atoms with Crippen LogP contribution in [0.4, 0.5) is 0 Å². The van der Waals surface area contributed by atoms with Gasteiger partial charge in [-0.25, -0.2) is 9.78 Å². The molecule has 0 atom stereocenters. The third-order valence-corrected chi connectivity index (χ3v) is 5.61. The number of aryl methyl sites for hydroxylation is 2. The lowest BCUT2D eigenvalue weighted by atomic mass is 10.0. The van der Waals surface area contributed by atoms with Gasteiger partial charge in [-0.05, 0) is 51.0 Å². The average molecular weight is 372 g/mol. The van der Waals surface area contributed by atoms with Gasteiger partial charge in [-0.1, -0.05) is 6.07 Å². The Bertz CT molecular complexity index is 1080. The molecule has 0 aliphatic carbocycles. The van der Waals surface area contributed by atoms with E-state index < -0.39 is 11.5 Å². The second-order valence-corrected chi connectivity index (χ2v) is 7.88. The van der Waals surface area contributed by atoms with Crippen molar-refractivity contribution in [1.29, 1.82) is 0 Å². The summed E-state index contributed by atoms with van der Waals surface area (Å²) >= 11 is 1.43. The Balaban J connectivity index is 2.34. The SMILES string of the molecule is COc1ccc(-c2c(C)sc3ncn(C(C)(C)C(=O)O)c(=O)c23)cc1C. The van der Waals surface area contributed by atoms with Gasteiger partial charge in [0.25, 0.3) is 5.56 Å². The maximum Gasteiger partial charge on any atom is 0.329 e. The zero-order valence-corrected chi connectivity index (χ0v) is 16.1. The number of nitrogens with zero attached hydrogens (tertiary/aromatic N) is 2. The molecule has 2 aromatic heterocycles. The highest BCUT2D eigenvalue weighted by Crippen LogP contribution is 2.37. The molecule has 3 aromatic rings. The minimum absolute atomic E-state index is 0.352. The Morgan fingerprint density at radius 2 is 2.00 bits per heavy atom. The predicted molar refractivity (Wildman–Crippen MR) is 102 cm³/mol. The molecule has 3 rings (SSSR count). The number of aliphatic carboxylic acids is 1. The number of benzene rings is 1. The van der Waals surface area contributed by atoms with E-state index in [0.717, 1.165) is 27.3 Å². The number of rotatable bonds is 4. The fourth-order valence-corrected chi connectivity index (χ4v) is 3.99. The smallest absolute Gasteiger partial charge is 0.329 e. The summed E-state index contributed by atoms with van der Waals surface area (Å²) in [6.07, 6.45) is 1.32. The van der Waals surface area contributed by atoms with E-state index in [0.29, 0.717) is 10.2 Å². The van der Waals surface area contributed by atoms with Crippen molar-refractivity contribution in [3.63, 3.8) is 0 Å². The van der Waals surface area contributed by atoms with Crippen LogP contribution in [-0.2, 0) is 10.3 Å². The summed E-state index contributed by atoms with van der Waals surface area (Å²) in [5, 5.41) is 9.93. The van der Waals surface area contributed by atoms with Crippen LogP contribution in [0, 0.1) is 13.8 Å². The second-order valence-electron chi connectivity index (χ2n) is 6.68. The molecule has 136 valence electrons. The summed E-state index contributed by atoms with van der Waals surface area (Å²) in [7, 11) is 1.61. The molecule has 0 bridgehead atoms. The largest absolute Gasteiger partial charge is 0.496 e. The molecular weight excluding hydrogens is 352 g/mol. The fraction of sp³-hybridized carbons (Fsp3) is 0.316. The first kappa shape index (κ1) is 18.1. The van der Waals surface area contributed by atoms with Gasteiger partial charge in [0.1, 0.15) is 22.4 Å². The van der Waals surface area contributed by atoms with Gasteiger partial charge >= 0.3 is 5.97 Å². The van der Waals surface area contributed by atoms with Gasteiger partial charge in [0.05, 0.1) is 12.5 Å². The first-order chi connectivity index (χ1) is 12.2. The van der Waals surface area contributed by atoms with Crippen LogP contribution in [0.3, 0.4) is 0 Å². The van der Waals surface area contributed by atoms with Gasteiger partial charge in [-0.3, -0.25) is 9.36 Å². The van der Waals surface area contributed by atoms with Crippen molar-refractivity contribution in [3.8, 4) is 16.9 Å². The lowest BCUT2D eigenvalue weighted by Gasteiger charge is -2.22. The Labute approximate surface area is 154 Å². The minimum Gasteiger partial charge on any atom is -0.496 e. The molecule has 7 heteroatoms. The van der Waals surface area contributed by atoms with Crippen molar-refractivity contribution in [2.45, 2.75) is 33.2 Å². The van der Waals surface area contributed by atoms with E-state index in [4.69, 9.17) is 4.74 Å². The minimum atomic E-state index is -1.39. The molecule has 0 saturated carbocycles. The van der Waals surface area contributed by atoms with E-state index in [-0.39, 0.29) is 5.56 Å². The van der Waals surface area contributed by atoms with Crippen molar-refractivity contribution in [1.82, 2.24) is 9.55 Å². The lowest BCUT2D eigenvalue weighted by Crippen LogP contribution is -2.42. The van der Waals surface area contributed by atoms with E-state index in [2.05, 4.69) is 4.98 Å². The summed E-state index contributed by atoms with van der Waals surface area (Å²) in [5.41, 5.74) is 0.899. The van der Waals surface area contributed by atoms with E-state index in [1.807, 2.05) is 32.0 Å². The quantitative estimate of drug-likeness (QED) is 0.757. The molecule has 1 aromatic carbocycles. The molecule has 0 unspecified atom stereocenters. The second kappa shape index (κ2) is 6.25. The number of hydrogen-bond donors (Lipinski definition) is 1. The summed E-state index contributed by atoms with van der Waals surface area (Å²) < 4.78 is 6.49. The topological polar surface area (TPSA) is 81.4 Å². The number of carboxylic acid groups (broad SMARTS) is 1. The fourth-order valence-electron chi connectivity index (χ4n) is 2.99. The van der Waals surface area contributed by atoms with Crippen LogP contribution in [0.5, 0.6) is 5.75 Å². The molecule has 0 spiro atoms. The van der Waals surface area contributed by atoms with E-state index >= 15 is 0 Å². The average Bonchev–Trinajstić information content (AvgIpc) is 2.91. The number of fused-ring (bicyclic) bond motifs is 1. The van der Waals surface area contributed by atoms with Gasteiger partial charge in [-0.2, -0.15) is 0 Å². The standard InChI is InChI=1S/C19H20N2O4S/c1-10-8-12(6-7-13(10)25-5)14-11(2)26-16-15(14)17(22)21(9-20-16)19(3,4)18(23)24/h6-9H,1-5H3,(H,23,24). The third kappa shape index (κ3) is 2.68. The Kier molecular flexibility index (Phi) is 4.36. The van der Waals surface area contributed by atoms with Crippen LogP contribution in [0.1, 0.15) is 24.3 Å². The number of carboxylic acids is 1. The summed E-state index contributed by atoms with van der Waals surface area (Å²) in [6, 6.07) is 5.73. The van der Waals surface area contributed by atoms with E-state index in [1.54, 1.807) is 7.11 Å². The number of ether oxygens (including phenoxy) is 1. The maximum absolute atomic E-state index is 13.1. The van der Waals surface area contributed by atoms with Gasteiger partial charge in [0.2, 0.25) is 0 Å². The molecule has 0 fully saturated rings. The molecule has 0 radical (unpaired) electrons. The summed E-state index contributed by atoms with van der Waals surface area (Å²) in [4.78, 5) is 30.6. The Morgan fingerprint density at radius 1 is 1.31 bits per heavy atom. The molecule has 1 N–H and O–H groups in total. The van der Waals surface area contributed by atoms with Crippen molar-refractivity contribution in [2.24, 2.45) is 0 Å². The monoisotopic (exact) mass is 372 g/mol. The van der Waals surface area contributed by atoms with Crippen molar-refractivity contribution in [3.05, 3.63) is 45.3 Å². The highest BCUT2D eigenvalue weighted by Gasteiger charge is 2.32. The van der Waals surface area contributed by atoms with Crippen molar-refractivity contribution in [2.75, 3.05) is 7.11 Å². The Hall–Kier alpha value is -2.67. The van der Waals surface area contributed by atoms with Crippen molar-refractivity contribution >= 4 is 27.5 Å². The zero-order chi connectivity index (χ0) is 19.2. The zero-order valence-electron chi connectivity index (χ0n) is 15.3. The van der Waals surface area contributed by atoms with Crippen LogP contribution in [0.2, 0.25) is 0 Å². The van der Waals surface area contributed by atoms with Crippen LogP contribution in [-0.4, -0.2) is 27.7 Å². The van der Waals surface area contributed by atoms with Gasteiger partial charge in [-0.15, -0.1) is 11.3 Å². The number of aromatic nitrogens is 2. The first-order valence-electron chi connectivity index (χ1n) is 8.08. The van der Waals surface area contributed by atoms with E-state index in [1.165, 1.54) is 36.1 Å². The number of methoxy groups -OCH3 is 1. The normalized spacial score (nSPS) is 11.7. The third-order valence-electron chi connectivity index (χ3n) is 4.60. The van der Waals surface area contributed by atoms with Crippen LogP contribution >= 0.6 is 11.3 Å². The highest BCUT2D eigenvalue weighted by molar-refractivity contribution is 7.19. The Morgan fingerprint density at radius 3 is 2.58 bits per heavy atom. The van der Waals surface area contributed by atoms with Gasteiger partial charge in [0.15, 0.2) is 0 Å². The summed E-state index contributed by atoms with van der Waals surface area (Å²) in [5.74, 6) is -0.317.